The van der Waals surface area contributed by atoms with Crippen LogP contribution in [0.2, 0.25) is 0 Å². The number of hydrogen-bond donors (Lipinski definition) is 1. The third-order valence-corrected chi connectivity index (χ3v) is 3.72. The number of nitriles is 1. The molecule has 1 aromatic rings. The van der Waals surface area contributed by atoms with Gasteiger partial charge in [0.1, 0.15) is 0 Å². The van der Waals surface area contributed by atoms with Crippen molar-refractivity contribution >= 4 is 5.91 Å². The maximum absolute atomic E-state index is 12.3. The molecule has 0 saturated carbocycles. The molecule has 1 aliphatic rings. The van der Waals surface area contributed by atoms with Crippen LogP contribution in [0.1, 0.15) is 17.5 Å². The van der Waals surface area contributed by atoms with Gasteiger partial charge in [0.2, 0.25) is 5.91 Å². The predicted octanol–water partition coefficient (Wildman–Crippen LogP) is 0.812. The van der Waals surface area contributed by atoms with Crippen LogP contribution in [0.4, 0.5) is 0 Å². The smallest absolute Gasteiger partial charge is 0.236 e. The number of carbonyl (C=O) groups is 1. The number of rotatable bonds is 4. The maximum Gasteiger partial charge on any atom is 0.236 e. The lowest BCUT2D eigenvalue weighted by Gasteiger charge is -2.23. The predicted molar refractivity (Wildman–Crippen MR) is 81.6 cm³/mol. The summed E-state index contributed by atoms with van der Waals surface area (Å²) in [4.78, 5) is 16.2. The summed E-state index contributed by atoms with van der Waals surface area (Å²) in [5.41, 5.74) is 1.69. The molecule has 1 amide bonds. The molecule has 0 radical (unpaired) electrons. The van der Waals surface area contributed by atoms with Crippen molar-refractivity contribution in [3.05, 3.63) is 35.4 Å². The van der Waals surface area contributed by atoms with Crippen molar-refractivity contribution in [2.45, 2.75) is 13.0 Å². The van der Waals surface area contributed by atoms with Gasteiger partial charge in [-0.3, -0.25) is 9.69 Å². The number of amides is 1. The first-order chi connectivity index (χ1) is 10.2. The van der Waals surface area contributed by atoms with Crippen LogP contribution < -0.4 is 5.32 Å². The van der Waals surface area contributed by atoms with Gasteiger partial charge in [0.25, 0.3) is 0 Å². The summed E-state index contributed by atoms with van der Waals surface area (Å²) in [6, 6.07) is 9.47. The van der Waals surface area contributed by atoms with Gasteiger partial charge in [-0.15, -0.1) is 0 Å². The quantitative estimate of drug-likeness (QED) is 0.890. The van der Waals surface area contributed by atoms with Gasteiger partial charge in [-0.05, 0) is 37.2 Å². The van der Waals surface area contributed by atoms with Crippen molar-refractivity contribution < 1.29 is 4.79 Å². The molecule has 5 nitrogen and oxygen atoms in total. The molecule has 0 aromatic heterocycles. The number of likely N-dealkylation sites (N-methyl/N-ethyl adjacent to an activating group) is 1. The van der Waals surface area contributed by atoms with E-state index in [1.54, 1.807) is 17.0 Å². The molecule has 0 spiro atoms. The molecule has 1 aliphatic heterocycles. The highest BCUT2D eigenvalue weighted by molar-refractivity contribution is 5.78. The molecular weight excluding hydrogens is 264 g/mol. The van der Waals surface area contributed by atoms with E-state index in [9.17, 15) is 4.79 Å². The van der Waals surface area contributed by atoms with E-state index in [0.29, 0.717) is 18.7 Å². The number of hydrogen-bond acceptors (Lipinski definition) is 4. The normalized spacial score (nSPS) is 16.0. The van der Waals surface area contributed by atoms with Crippen LogP contribution in [-0.4, -0.2) is 55.5 Å². The second-order valence-electron chi connectivity index (χ2n) is 5.44. The van der Waals surface area contributed by atoms with Crippen molar-refractivity contribution in [2.24, 2.45) is 0 Å². The lowest BCUT2D eigenvalue weighted by Crippen LogP contribution is -2.39. The molecule has 2 rings (SSSR count). The van der Waals surface area contributed by atoms with Gasteiger partial charge in [-0.25, -0.2) is 0 Å². The lowest BCUT2D eigenvalue weighted by molar-refractivity contribution is -0.131. The zero-order valence-electron chi connectivity index (χ0n) is 12.5. The van der Waals surface area contributed by atoms with Crippen LogP contribution in [0, 0.1) is 11.3 Å². The SMILES string of the molecule is CN(Cc1ccc(C#N)cc1)C(=O)CN1CCCNCC1. The van der Waals surface area contributed by atoms with Crippen LogP contribution >= 0.6 is 0 Å². The number of nitrogens with zero attached hydrogens (tertiary/aromatic N) is 3. The molecule has 0 atom stereocenters. The summed E-state index contributed by atoms with van der Waals surface area (Å²) in [6.07, 6.45) is 1.09. The Morgan fingerprint density at radius 3 is 2.81 bits per heavy atom. The van der Waals surface area contributed by atoms with E-state index in [0.717, 1.165) is 38.2 Å². The Balaban J connectivity index is 1.85. The molecule has 0 bridgehead atoms. The Kier molecular flexibility index (Phi) is 5.73. The van der Waals surface area contributed by atoms with E-state index >= 15 is 0 Å². The maximum atomic E-state index is 12.3. The van der Waals surface area contributed by atoms with Crippen LogP contribution in [0.15, 0.2) is 24.3 Å². The van der Waals surface area contributed by atoms with Crippen LogP contribution in [0.3, 0.4) is 0 Å². The van der Waals surface area contributed by atoms with E-state index < -0.39 is 0 Å². The van der Waals surface area contributed by atoms with Crippen LogP contribution in [0.25, 0.3) is 0 Å². The Morgan fingerprint density at radius 2 is 2.10 bits per heavy atom. The summed E-state index contributed by atoms with van der Waals surface area (Å²) in [5.74, 6) is 0.140. The number of carbonyl (C=O) groups excluding carboxylic acids is 1. The van der Waals surface area contributed by atoms with E-state index in [2.05, 4.69) is 16.3 Å². The molecule has 1 saturated heterocycles. The van der Waals surface area contributed by atoms with Crippen LogP contribution in [0.5, 0.6) is 0 Å². The Bertz CT molecular complexity index is 498. The highest BCUT2D eigenvalue weighted by Gasteiger charge is 2.15. The fourth-order valence-corrected chi connectivity index (χ4v) is 2.42. The van der Waals surface area contributed by atoms with Gasteiger partial charge in [-0.1, -0.05) is 12.1 Å². The van der Waals surface area contributed by atoms with E-state index in [4.69, 9.17) is 5.26 Å². The van der Waals surface area contributed by atoms with E-state index in [1.165, 1.54) is 0 Å². The molecule has 1 aromatic carbocycles. The Morgan fingerprint density at radius 1 is 1.33 bits per heavy atom. The minimum Gasteiger partial charge on any atom is -0.340 e. The standard InChI is InChI=1S/C16H22N4O/c1-19(12-15-5-3-14(11-17)4-6-15)16(21)13-20-9-2-7-18-8-10-20/h3-6,18H,2,7-10,12-13H2,1H3. The molecule has 0 aliphatic carbocycles. The Labute approximate surface area is 126 Å². The first-order valence-electron chi connectivity index (χ1n) is 7.35. The molecule has 1 heterocycles. The monoisotopic (exact) mass is 286 g/mol. The average Bonchev–Trinajstić information content (AvgIpc) is 2.76. The minimum absolute atomic E-state index is 0.140. The second kappa shape index (κ2) is 7.77. The van der Waals surface area contributed by atoms with E-state index in [1.807, 2.05) is 19.2 Å². The third kappa shape index (κ3) is 4.85. The summed E-state index contributed by atoms with van der Waals surface area (Å²) >= 11 is 0. The summed E-state index contributed by atoms with van der Waals surface area (Å²) in [7, 11) is 1.83. The summed E-state index contributed by atoms with van der Waals surface area (Å²) < 4.78 is 0. The Hall–Kier alpha value is -1.90. The second-order valence-corrected chi connectivity index (χ2v) is 5.44. The topological polar surface area (TPSA) is 59.4 Å². The first kappa shape index (κ1) is 15.5. The zero-order chi connectivity index (χ0) is 15.1. The fraction of sp³-hybridized carbons (Fsp3) is 0.500. The molecule has 112 valence electrons. The van der Waals surface area contributed by atoms with Crippen molar-refractivity contribution in [2.75, 3.05) is 39.8 Å². The largest absolute Gasteiger partial charge is 0.340 e. The van der Waals surface area contributed by atoms with Crippen molar-refractivity contribution in [1.29, 1.82) is 5.26 Å². The molecule has 1 fully saturated rings. The van der Waals surface area contributed by atoms with Gasteiger partial charge >= 0.3 is 0 Å². The van der Waals surface area contributed by atoms with Crippen molar-refractivity contribution in [1.82, 2.24) is 15.1 Å². The number of nitrogens with one attached hydrogen (secondary N) is 1. The van der Waals surface area contributed by atoms with Crippen LogP contribution in [-0.2, 0) is 11.3 Å². The van der Waals surface area contributed by atoms with Gasteiger partial charge in [-0.2, -0.15) is 5.26 Å². The fourth-order valence-electron chi connectivity index (χ4n) is 2.42. The van der Waals surface area contributed by atoms with E-state index in [-0.39, 0.29) is 5.91 Å². The molecule has 5 heteroatoms. The lowest BCUT2D eigenvalue weighted by atomic mass is 10.1. The molecule has 0 unspecified atom stereocenters. The van der Waals surface area contributed by atoms with Gasteiger partial charge in [0.15, 0.2) is 0 Å². The molecular formula is C16H22N4O. The first-order valence-corrected chi connectivity index (χ1v) is 7.35. The van der Waals surface area contributed by atoms with Crippen molar-refractivity contribution in [3.63, 3.8) is 0 Å². The highest BCUT2D eigenvalue weighted by atomic mass is 16.2. The minimum atomic E-state index is 0.140. The molecule has 1 N–H and O–H groups in total. The molecule has 21 heavy (non-hydrogen) atoms. The van der Waals surface area contributed by atoms with Gasteiger partial charge in [0.05, 0.1) is 18.2 Å². The van der Waals surface area contributed by atoms with Crippen molar-refractivity contribution in [3.8, 4) is 6.07 Å². The summed E-state index contributed by atoms with van der Waals surface area (Å²) in [6.45, 7) is 4.95. The summed E-state index contributed by atoms with van der Waals surface area (Å²) in [5, 5.41) is 12.1. The average molecular weight is 286 g/mol. The third-order valence-electron chi connectivity index (χ3n) is 3.72. The van der Waals surface area contributed by atoms with Gasteiger partial charge < -0.3 is 10.2 Å². The number of benzene rings is 1. The zero-order valence-corrected chi connectivity index (χ0v) is 12.5. The highest BCUT2D eigenvalue weighted by Crippen LogP contribution is 2.07. The van der Waals surface area contributed by atoms with Gasteiger partial charge in [0, 0.05) is 26.7 Å².